The molecule has 3 amide bonds. The van der Waals surface area contributed by atoms with Gasteiger partial charge in [0.05, 0.1) is 0 Å². The molecule has 1 unspecified atom stereocenters. The predicted octanol–water partition coefficient (Wildman–Crippen LogP) is 1.28. The Morgan fingerprint density at radius 1 is 1.39 bits per heavy atom. The van der Waals surface area contributed by atoms with E-state index in [-0.39, 0.29) is 18.5 Å². The summed E-state index contributed by atoms with van der Waals surface area (Å²) in [7, 11) is 0. The van der Waals surface area contributed by atoms with Crippen LogP contribution < -0.4 is 10.2 Å². The second-order valence-electron chi connectivity index (χ2n) is 5.75. The van der Waals surface area contributed by atoms with E-state index in [4.69, 9.17) is 0 Å². The molecule has 1 aromatic rings. The Bertz CT molecular complexity index is 571. The Labute approximate surface area is 135 Å². The fourth-order valence-corrected chi connectivity index (χ4v) is 2.68. The number of aromatic nitrogens is 2. The zero-order chi connectivity index (χ0) is 17.0. The summed E-state index contributed by atoms with van der Waals surface area (Å²) in [6, 6.07) is -0.280. The number of hydrogen-bond donors (Lipinski definition) is 3. The SMILES string of the molecule is CCCCCN1C(=O)N(CCNC(C)=O)C(O)c2[nH]c(C)nc21. The maximum Gasteiger partial charge on any atom is 0.328 e. The number of aliphatic hydroxyl groups is 1. The van der Waals surface area contributed by atoms with Crippen molar-refractivity contribution in [3.05, 3.63) is 11.5 Å². The molecule has 0 saturated heterocycles. The third-order valence-electron chi connectivity index (χ3n) is 3.83. The first kappa shape index (κ1) is 17.3. The molecule has 8 heteroatoms. The minimum atomic E-state index is -1.07. The van der Waals surface area contributed by atoms with Gasteiger partial charge in [-0.05, 0) is 13.3 Å². The molecular weight excluding hydrogens is 298 g/mol. The van der Waals surface area contributed by atoms with Crippen molar-refractivity contribution in [2.45, 2.75) is 46.3 Å². The highest BCUT2D eigenvalue weighted by molar-refractivity contribution is 5.94. The number of aryl methyl sites for hydroxylation is 1. The number of carbonyl (C=O) groups excluding carboxylic acids is 2. The van der Waals surface area contributed by atoms with E-state index in [1.165, 1.54) is 11.8 Å². The zero-order valence-corrected chi connectivity index (χ0v) is 13.9. The van der Waals surface area contributed by atoms with E-state index in [1.54, 1.807) is 11.8 Å². The number of hydrogen-bond acceptors (Lipinski definition) is 4. The van der Waals surface area contributed by atoms with Crippen LogP contribution in [0.25, 0.3) is 0 Å². The van der Waals surface area contributed by atoms with Gasteiger partial charge in [-0.1, -0.05) is 19.8 Å². The van der Waals surface area contributed by atoms with Crippen LogP contribution in [0.15, 0.2) is 0 Å². The third kappa shape index (κ3) is 3.82. The summed E-state index contributed by atoms with van der Waals surface area (Å²) in [5, 5.41) is 13.1. The Kier molecular flexibility index (Phi) is 5.59. The van der Waals surface area contributed by atoms with Crippen molar-refractivity contribution in [3.63, 3.8) is 0 Å². The van der Waals surface area contributed by atoms with Crippen LogP contribution in [0.5, 0.6) is 0 Å². The number of fused-ring (bicyclic) bond motifs is 1. The highest BCUT2D eigenvalue weighted by Gasteiger charge is 2.38. The van der Waals surface area contributed by atoms with Crippen molar-refractivity contribution in [2.24, 2.45) is 0 Å². The van der Waals surface area contributed by atoms with E-state index in [9.17, 15) is 14.7 Å². The highest BCUT2D eigenvalue weighted by atomic mass is 16.3. The molecule has 0 spiro atoms. The highest BCUT2D eigenvalue weighted by Crippen LogP contribution is 2.33. The van der Waals surface area contributed by atoms with E-state index in [0.717, 1.165) is 19.3 Å². The van der Waals surface area contributed by atoms with Crippen molar-refractivity contribution >= 4 is 17.8 Å². The van der Waals surface area contributed by atoms with Crippen LogP contribution in [0, 0.1) is 6.92 Å². The molecule has 0 fully saturated rings. The number of H-pyrrole nitrogens is 1. The topological polar surface area (TPSA) is 102 Å². The van der Waals surface area contributed by atoms with E-state index in [0.29, 0.717) is 30.4 Å². The molecule has 2 heterocycles. The second kappa shape index (κ2) is 7.45. The van der Waals surface area contributed by atoms with Crippen LogP contribution in [0.1, 0.15) is 50.9 Å². The molecule has 2 rings (SSSR count). The number of imidazole rings is 1. The molecule has 0 radical (unpaired) electrons. The smallest absolute Gasteiger partial charge is 0.328 e. The molecule has 0 aliphatic carbocycles. The van der Waals surface area contributed by atoms with Gasteiger partial charge < -0.3 is 15.4 Å². The summed E-state index contributed by atoms with van der Waals surface area (Å²) in [4.78, 5) is 34.0. The first-order valence-electron chi connectivity index (χ1n) is 8.02. The monoisotopic (exact) mass is 323 g/mol. The Morgan fingerprint density at radius 2 is 2.13 bits per heavy atom. The first-order chi connectivity index (χ1) is 11.0. The van der Waals surface area contributed by atoms with Gasteiger partial charge in [-0.2, -0.15) is 0 Å². The first-order valence-corrected chi connectivity index (χ1v) is 8.02. The van der Waals surface area contributed by atoms with Gasteiger partial charge in [0.25, 0.3) is 0 Å². The lowest BCUT2D eigenvalue weighted by Gasteiger charge is -2.37. The summed E-state index contributed by atoms with van der Waals surface area (Å²) >= 11 is 0. The van der Waals surface area contributed by atoms with Crippen molar-refractivity contribution in [3.8, 4) is 0 Å². The molecule has 1 aliphatic rings. The quantitative estimate of drug-likeness (QED) is 0.658. The van der Waals surface area contributed by atoms with Crippen LogP contribution in [0.3, 0.4) is 0 Å². The molecule has 0 saturated carbocycles. The van der Waals surface area contributed by atoms with E-state index < -0.39 is 6.23 Å². The Morgan fingerprint density at radius 3 is 2.78 bits per heavy atom. The van der Waals surface area contributed by atoms with Gasteiger partial charge in [-0.3, -0.25) is 14.6 Å². The molecule has 3 N–H and O–H groups in total. The van der Waals surface area contributed by atoms with Crippen molar-refractivity contribution in [1.29, 1.82) is 0 Å². The van der Waals surface area contributed by atoms with E-state index in [1.807, 2.05) is 0 Å². The fourth-order valence-electron chi connectivity index (χ4n) is 2.68. The summed E-state index contributed by atoms with van der Waals surface area (Å²) in [5.74, 6) is 1.000. The Balaban J connectivity index is 2.18. The van der Waals surface area contributed by atoms with Crippen molar-refractivity contribution < 1.29 is 14.7 Å². The number of nitrogens with zero attached hydrogens (tertiary/aromatic N) is 3. The van der Waals surface area contributed by atoms with Crippen molar-refractivity contribution in [1.82, 2.24) is 20.2 Å². The molecule has 1 atom stereocenters. The average molecular weight is 323 g/mol. The molecule has 128 valence electrons. The molecule has 1 aromatic heterocycles. The van der Waals surface area contributed by atoms with Gasteiger partial charge in [0.2, 0.25) is 5.91 Å². The number of carbonyl (C=O) groups is 2. The number of aromatic amines is 1. The number of unbranched alkanes of at least 4 members (excludes halogenated alkanes) is 2. The molecule has 1 aliphatic heterocycles. The number of aliphatic hydroxyl groups excluding tert-OH is 1. The van der Waals surface area contributed by atoms with E-state index in [2.05, 4.69) is 22.2 Å². The van der Waals surface area contributed by atoms with Crippen LogP contribution >= 0.6 is 0 Å². The number of amides is 3. The summed E-state index contributed by atoms with van der Waals surface area (Å²) in [5.41, 5.74) is 0.529. The molecular formula is C15H25N5O3. The summed E-state index contributed by atoms with van der Waals surface area (Å²) in [6.45, 7) is 6.41. The second-order valence-corrected chi connectivity index (χ2v) is 5.75. The maximum atomic E-state index is 12.7. The lowest BCUT2D eigenvalue weighted by Crippen LogP contribution is -2.52. The van der Waals surface area contributed by atoms with Crippen LogP contribution in [0.2, 0.25) is 0 Å². The molecule has 0 aromatic carbocycles. The molecule has 8 nitrogen and oxygen atoms in total. The Hall–Kier alpha value is -2.09. The molecule has 0 bridgehead atoms. The summed E-state index contributed by atoms with van der Waals surface area (Å²) < 4.78 is 0. The van der Waals surface area contributed by atoms with Gasteiger partial charge in [-0.15, -0.1) is 0 Å². The van der Waals surface area contributed by atoms with Crippen molar-refractivity contribution in [2.75, 3.05) is 24.5 Å². The number of rotatable bonds is 7. The van der Waals surface area contributed by atoms with Gasteiger partial charge in [0, 0.05) is 26.6 Å². The largest absolute Gasteiger partial charge is 0.368 e. The van der Waals surface area contributed by atoms with Crippen LogP contribution in [0.4, 0.5) is 10.6 Å². The fraction of sp³-hybridized carbons (Fsp3) is 0.667. The summed E-state index contributed by atoms with van der Waals surface area (Å²) in [6.07, 6.45) is 1.89. The van der Waals surface area contributed by atoms with Crippen LogP contribution in [-0.2, 0) is 4.79 Å². The number of urea groups is 1. The predicted molar refractivity (Wildman–Crippen MR) is 85.9 cm³/mol. The average Bonchev–Trinajstić information content (AvgIpc) is 2.88. The van der Waals surface area contributed by atoms with Gasteiger partial charge in [0.15, 0.2) is 12.0 Å². The van der Waals surface area contributed by atoms with E-state index >= 15 is 0 Å². The molecule has 23 heavy (non-hydrogen) atoms. The minimum absolute atomic E-state index is 0.165. The standard InChI is InChI=1S/C15H25N5O3/c1-4-5-6-8-19-13-12(17-10(2)18-13)14(22)20(15(19)23)9-7-16-11(3)21/h14,22H,4-9H2,1-3H3,(H,16,21)(H,17,18). The number of nitrogens with one attached hydrogen (secondary N) is 2. The maximum absolute atomic E-state index is 12.7. The number of anilines is 1. The lowest BCUT2D eigenvalue weighted by atomic mass is 10.2. The lowest BCUT2D eigenvalue weighted by molar-refractivity contribution is -0.119. The van der Waals surface area contributed by atoms with Crippen LogP contribution in [-0.4, -0.2) is 51.5 Å². The van der Waals surface area contributed by atoms with Gasteiger partial charge >= 0.3 is 6.03 Å². The zero-order valence-electron chi connectivity index (χ0n) is 13.9. The third-order valence-corrected chi connectivity index (χ3v) is 3.83. The van der Waals surface area contributed by atoms with Gasteiger partial charge in [0.1, 0.15) is 11.5 Å². The minimum Gasteiger partial charge on any atom is -0.368 e. The normalized spacial score (nSPS) is 17.4. The van der Waals surface area contributed by atoms with Gasteiger partial charge in [-0.25, -0.2) is 9.78 Å².